The van der Waals surface area contributed by atoms with Crippen molar-refractivity contribution in [3.63, 3.8) is 0 Å². The zero-order valence-electron chi connectivity index (χ0n) is 20.2. The van der Waals surface area contributed by atoms with Crippen LogP contribution in [0.4, 0.5) is 17.6 Å². The quantitative estimate of drug-likeness (QED) is 0.332. The molecule has 2 aromatic carbocycles. The fourth-order valence-electron chi connectivity index (χ4n) is 4.83. The van der Waals surface area contributed by atoms with Gasteiger partial charge in [-0.15, -0.1) is 0 Å². The summed E-state index contributed by atoms with van der Waals surface area (Å²) in [7, 11) is 1.46. The molecule has 1 aliphatic heterocycles. The van der Waals surface area contributed by atoms with Gasteiger partial charge in [-0.3, -0.25) is 14.7 Å². The first-order chi connectivity index (χ1) is 17.7. The van der Waals surface area contributed by atoms with Gasteiger partial charge in [0.15, 0.2) is 0 Å². The third kappa shape index (κ3) is 6.38. The Morgan fingerprint density at radius 3 is 2.68 bits per heavy atom. The van der Waals surface area contributed by atoms with Gasteiger partial charge in [-0.25, -0.2) is 17.6 Å². The van der Waals surface area contributed by atoms with E-state index in [0.717, 1.165) is 24.4 Å². The van der Waals surface area contributed by atoms with Crippen molar-refractivity contribution in [1.82, 2.24) is 9.88 Å². The number of aromatic nitrogens is 1. The van der Waals surface area contributed by atoms with Crippen molar-refractivity contribution in [3.05, 3.63) is 71.2 Å². The molecule has 0 aliphatic carbocycles. The first-order valence-electron chi connectivity index (χ1n) is 11.9. The van der Waals surface area contributed by atoms with Crippen LogP contribution in [0.2, 0.25) is 0 Å². The van der Waals surface area contributed by atoms with E-state index < -0.39 is 35.5 Å². The van der Waals surface area contributed by atoms with Crippen LogP contribution >= 0.6 is 0 Å². The van der Waals surface area contributed by atoms with Gasteiger partial charge in [-0.1, -0.05) is 11.8 Å². The molecule has 1 N–H and O–H groups in total. The van der Waals surface area contributed by atoms with E-state index in [4.69, 9.17) is 4.74 Å². The fourth-order valence-corrected chi connectivity index (χ4v) is 4.83. The van der Waals surface area contributed by atoms with E-state index >= 15 is 4.39 Å². The lowest BCUT2D eigenvalue weighted by molar-refractivity contribution is -0.146. The van der Waals surface area contributed by atoms with Crippen LogP contribution in [-0.4, -0.2) is 47.7 Å². The second-order valence-electron chi connectivity index (χ2n) is 9.14. The number of nitrogens with zero attached hydrogens (tertiary/aromatic N) is 2. The number of fused-ring (bicyclic) bond motifs is 1. The molecule has 0 amide bonds. The normalized spacial score (nSPS) is 18.7. The summed E-state index contributed by atoms with van der Waals surface area (Å²) in [5, 5.41) is 10.1. The number of hydrogen-bond acceptors (Lipinski definition) is 4. The maximum Gasteiger partial charge on any atom is 0.308 e. The maximum atomic E-state index is 15.4. The zero-order valence-corrected chi connectivity index (χ0v) is 20.2. The van der Waals surface area contributed by atoms with E-state index in [2.05, 4.69) is 16.8 Å². The number of aliphatic carboxylic acids is 1. The summed E-state index contributed by atoms with van der Waals surface area (Å²) in [6.07, 6.45) is 0.102. The number of methoxy groups -OCH3 is 1. The molecule has 3 aromatic rings. The average molecular weight is 515 g/mol. The number of rotatable bonds is 7. The molecule has 1 aromatic heterocycles. The van der Waals surface area contributed by atoms with Gasteiger partial charge in [0.2, 0.25) is 0 Å². The molecule has 37 heavy (non-hydrogen) atoms. The number of benzene rings is 2. The Bertz CT molecular complexity index is 1330. The highest BCUT2D eigenvalue weighted by molar-refractivity contribution is 5.84. The summed E-state index contributed by atoms with van der Waals surface area (Å²) in [5.74, 6) is 1.77. The topological polar surface area (TPSA) is 62.7 Å². The number of hydrogen-bond donors (Lipinski definition) is 1. The van der Waals surface area contributed by atoms with Crippen LogP contribution in [0, 0.1) is 41.1 Å². The summed E-state index contributed by atoms with van der Waals surface area (Å²) < 4.78 is 61.8. The van der Waals surface area contributed by atoms with Crippen LogP contribution in [0.5, 0.6) is 5.75 Å². The summed E-state index contributed by atoms with van der Waals surface area (Å²) in [6.45, 7) is 0.991. The van der Waals surface area contributed by atoms with E-state index in [1.807, 2.05) is 4.90 Å². The molecular formula is C28H26F4N2O3. The van der Waals surface area contributed by atoms with Gasteiger partial charge in [0.1, 0.15) is 29.4 Å². The number of alkyl halides is 1. The van der Waals surface area contributed by atoms with Crippen LogP contribution in [-0.2, 0) is 4.79 Å². The third-order valence-electron chi connectivity index (χ3n) is 6.73. The molecule has 0 spiro atoms. The number of carboxylic acids is 1. The molecule has 3 atom stereocenters. The summed E-state index contributed by atoms with van der Waals surface area (Å²) in [5.41, 5.74) is 0.542. The first kappa shape index (κ1) is 26.4. The molecule has 1 saturated heterocycles. The molecule has 2 heterocycles. The summed E-state index contributed by atoms with van der Waals surface area (Å²) in [6, 6.07) is 7.86. The van der Waals surface area contributed by atoms with Crippen molar-refractivity contribution in [2.75, 3.05) is 26.7 Å². The molecule has 4 rings (SSSR count). The Morgan fingerprint density at radius 2 is 1.97 bits per heavy atom. The van der Waals surface area contributed by atoms with E-state index in [1.165, 1.54) is 7.11 Å². The molecule has 1 fully saturated rings. The lowest BCUT2D eigenvalue weighted by Crippen LogP contribution is -2.44. The monoisotopic (exact) mass is 514 g/mol. The van der Waals surface area contributed by atoms with Crippen LogP contribution in [0.25, 0.3) is 10.9 Å². The molecule has 5 nitrogen and oxygen atoms in total. The van der Waals surface area contributed by atoms with Crippen molar-refractivity contribution in [3.8, 4) is 17.6 Å². The second kappa shape index (κ2) is 11.6. The van der Waals surface area contributed by atoms with Crippen molar-refractivity contribution < 1.29 is 32.2 Å². The SMILES string of the molecule is COc1ccc2ncc(F)c(C(F)CCC3CCN(CC#Cc4cc(F)cc(F)c4)CC3C(=O)O)c2c1. The van der Waals surface area contributed by atoms with E-state index in [-0.39, 0.29) is 43.0 Å². The number of likely N-dealkylation sites (tertiary alicyclic amines) is 1. The minimum absolute atomic E-state index is 0.0351. The highest BCUT2D eigenvalue weighted by atomic mass is 19.1. The molecule has 9 heteroatoms. The van der Waals surface area contributed by atoms with Gasteiger partial charge >= 0.3 is 5.97 Å². The minimum Gasteiger partial charge on any atom is -0.497 e. The number of ether oxygens (including phenoxy) is 1. The van der Waals surface area contributed by atoms with Gasteiger partial charge in [0, 0.05) is 29.1 Å². The Labute approximate surface area is 212 Å². The van der Waals surface area contributed by atoms with Gasteiger partial charge in [-0.05, 0) is 62.1 Å². The highest BCUT2D eigenvalue weighted by Gasteiger charge is 2.34. The van der Waals surface area contributed by atoms with E-state index in [9.17, 15) is 23.1 Å². The lowest BCUT2D eigenvalue weighted by Gasteiger charge is -2.35. The van der Waals surface area contributed by atoms with Crippen molar-refractivity contribution >= 4 is 16.9 Å². The molecule has 1 aliphatic rings. The van der Waals surface area contributed by atoms with Crippen LogP contribution in [0.3, 0.4) is 0 Å². The first-order valence-corrected chi connectivity index (χ1v) is 11.9. The smallest absolute Gasteiger partial charge is 0.308 e. The largest absolute Gasteiger partial charge is 0.497 e. The molecule has 0 saturated carbocycles. The van der Waals surface area contributed by atoms with Crippen molar-refractivity contribution in [2.24, 2.45) is 11.8 Å². The number of carboxylic acid groups (broad SMARTS) is 1. The van der Waals surface area contributed by atoms with Crippen molar-refractivity contribution in [1.29, 1.82) is 0 Å². The maximum absolute atomic E-state index is 15.4. The third-order valence-corrected chi connectivity index (χ3v) is 6.73. The standard InChI is InChI=1S/C28H26F4N2O3/c1-37-21-5-7-26-22(14-21)27(25(32)15-33-26)24(31)6-4-18-8-10-34(16-23(18)28(35)36)9-2-3-17-11-19(29)13-20(30)12-17/h5,7,11-15,18,23-24H,4,6,8-10,16H2,1H3,(H,35,36). The number of carbonyl (C=O) groups is 1. The van der Waals surface area contributed by atoms with Gasteiger partial charge in [0.05, 0.1) is 31.3 Å². The van der Waals surface area contributed by atoms with Gasteiger partial charge in [0.25, 0.3) is 0 Å². The molecule has 3 unspecified atom stereocenters. The highest BCUT2D eigenvalue weighted by Crippen LogP contribution is 2.36. The number of piperidine rings is 1. The zero-order chi connectivity index (χ0) is 26.5. The fraction of sp³-hybridized carbons (Fsp3) is 0.357. The van der Waals surface area contributed by atoms with Crippen LogP contribution in [0.15, 0.2) is 42.6 Å². The lowest BCUT2D eigenvalue weighted by atomic mass is 9.81. The number of pyridine rings is 1. The number of halogens is 4. The summed E-state index contributed by atoms with van der Waals surface area (Å²) in [4.78, 5) is 17.8. The van der Waals surface area contributed by atoms with Gasteiger partial charge < -0.3 is 9.84 Å². The molecular weight excluding hydrogens is 488 g/mol. The molecule has 0 radical (unpaired) electrons. The van der Waals surface area contributed by atoms with E-state index in [0.29, 0.717) is 29.6 Å². The minimum atomic E-state index is -1.64. The van der Waals surface area contributed by atoms with Gasteiger partial charge in [-0.2, -0.15) is 0 Å². The predicted molar refractivity (Wildman–Crippen MR) is 130 cm³/mol. The average Bonchev–Trinajstić information content (AvgIpc) is 2.86. The molecule has 194 valence electrons. The Balaban J connectivity index is 1.41. The predicted octanol–water partition coefficient (Wildman–Crippen LogP) is 5.53. The van der Waals surface area contributed by atoms with Crippen molar-refractivity contribution in [2.45, 2.75) is 25.4 Å². The van der Waals surface area contributed by atoms with Crippen LogP contribution < -0.4 is 4.74 Å². The second-order valence-corrected chi connectivity index (χ2v) is 9.14. The molecule has 0 bridgehead atoms. The Morgan fingerprint density at radius 1 is 1.22 bits per heavy atom. The van der Waals surface area contributed by atoms with E-state index in [1.54, 1.807) is 18.2 Å². The summed E-state index contributed by atoms with van der Waals surface area (Å²) >= 11 is 0. The van der Waals surface area contributed by atoms with Crippen LogP contribution in [0.1, 0.15) is 36.6 Å². The Kier molecular flexibility index (Phi) is 8.29. The Hall–Kier alpha value is -3.64.